The number of hydrogen-bond donors (Lipinski definition) is 1. The lowest BCUT2D eigenvalue weighted by atomic mass is 9.88. The molecule has 1 aliphatic rings. The van der Waals surface area contributed by atoms with Crippen molar-refractivity contribution in [3.63, 3.8) is 0 Å². The van der Waals surface area contributed by atoms with Crippen LogP contribution >= 0.6 is 0 Å². The minimum Gasteiger partial charge on any atom is -0.457 e. The molecular weight excluding hydrogens is 294 g/mol. The van der Waals surface area contributed by atoms with Gasteiger partial charge in [-0.2, -0.15) is 0 Å². The molecule has 3 aromatic rings. The highest BCUT2D eigenvalue weighted by Crippen LogP contribution is 2.32. The van der Waals surface area contributed by atoms with E-state index in [0.29, 0.717) is 5.92 Å². The Morgan fingerprint density at radius 3 is 2.33 bits per heavy atom. The Balaban J connectivity index is 1.71. The van der Waals surface area contributed by atoms with E-state index in [4.69, 9.17) is 4.74 Å². The standard InChI is InChI=1S/C22H21NO/c1-3-7-17(8-4-1)22-16-23-14-13-18-11-12-20(15-21(18)22)24-19-9-5-2-6-10-19/h1-12,15,22-23H,13-14,16H2/p+1. The number of nitrogens with two attached hydrogens (primary N) is 1. The Morgan fingerprint density at radius 2 is 1.54 bits per heavy atom. The normalized spacial score (nSPS) is 16.9. The van der Waals surface area contributed by atoms with E-state index < -0.39 is 0 Å². The largest absolute Gasteiger partial charge is 0.457 e. The summed E-state index contributed by atoms with van der Waals surface area (Å²) in [5.41, 5.74) is 4.23. The first-order valence-corrected chi connectivity index (χ1v) is 8.62. The van der Waals surface area contributed by atoms with Crippen molar-refractivity contribution in [1.82, 2.24) is 0 Å². The molecule has 0 spiro atoms. The van der Waals surface area contributed by atoms with Crippen molar-refractivity contribution in [3.8, 4) is 11.5 Å². The van der Waals surface area contributed by atoms with Gasteiger partial charge in [0.05, 0.1) is 19.0 Å². The molecule has 1 heterocycles. The summed E-state index contributed by atoms with van der Waals surface area (Å²) >= 11 is 0. The van der Waals surface area contributed by atoms with Crippen molar-refractivity contribution in [2.45, 2.75) is 12.3 Å². The maximum atomic E-state index is 6.06. The van der Waals surface area contributed by atoms with E-state index in [0.717, 1.165) is 31.0 Å². The Labute approximate surface area is 143 Å². The van der Waals surface area contributed by atoms with Crippen LogP contribution < -0.4 is 10.1 Å². The number of ether oxygens (including phenoxy) is 1. The van der Waals surface area contributed by atoms with Crippen LogP contribution in [0.1, 0.15) is 22.6 Å². The third kappa shape index (κ3) is 3.19. The Morgan fingerprint density at radius 1 is 0.792 bits per heavy atom. The molecule has 0 aliphatic carbocycles. The van der Waals surface area contributed by atoms with Gasteiger partial charge >= 0.3 is 0 Å². The molecule has 0 amide bonds. The molecule has 4 rings (SSSR count). The van der Waals surface area contributed by atoms with Crippen molar-refractivity contribution < 1.29 is 10.1 Å². The van der Waals surface area contributed by atoms with E-state index in [1.807, 2.05) is 30.3 Å². The van der Waals surface area contributed by atoms with Gasteiger partial charge in [0, 0.05) is 6.42 Å². The van der Waals surface area contributed by atoms with E-state index in [2.05, 4.69) is 53.8 Å². The molecule has 1 atom stereocenters. The number of benzene rings is 3. The van der Waals surface area contributed by atoms with Gasteiger partial charge in [-0.15, -0.1) is 0 Å². The summed E-state index contributed by atoms with van der Waals surface area (Å²) in [6.45, 7) is 2.24. The molecular formula is C22H22NO+. The summed E-state index contributed by atoms with van der Waals surface area (Å²) < 4.78 is 6.06. The second kappa shape index (κ2) is 6.90. The number of para-hydroxylation sites is 1. The lowest BCUT2D eigenvalue weighted by molar-refractivity contribution is -0.654. The molecule has 1 unspecified atom stereocenters. The second-order valence-corrected chi connectivity index (χ2v) is 6.30. The summed E-state index contributed by atoms with van der Waals surface area (Å²) in [7, 11) is 0. The summed E-state index contributed by atoms with van der Waals surface area (Å²) in [6, 6.07) is 27.4. The molecule has 2 nitrogen and oxygen atoms in total. The highest BCUT2D eigenvalue weighted by molar-refractivity contribution is 5.44. The zero-order valence-corrected chi connectivity index (χ0v) is 13.7. The number of quaternary nitrogens is 1. The van der Waals surface area contributed by atoms with Crippen LogP contribution in [0.4, 0.5) is 0 Å². The first kappa shape index (κ1) is 15.0. The maximum Gasteiger partial charge on any atom is 0.127 e. The van der Waals surface area contributed by atoms with Gasteiger partial charge in [-0.3, -0.25) is 0 Å². The van der Waals surface area contributed by atoms with E-state index in [1.54, 1.807) is 0 Å². The zero-order valence-electron chi connectivity index (χ0n) is 13.7. The fraction of sp³-hybridized carbons (Fsp3) is 0.182. The molecule has 0 saturated heterocycles. The minimum atomic E-state index is 0.419. The summed E-state index contributed by atoms with van der Waals surface area (Å²) in [4.78, 5) is 0. The lowest BCUT2D eigenvalue weighted by Gasteiger charge is -2.18. The van der Waals surface area contributed by atoms with Gasteiger partial charge in [0.15, 0.2) is 0 Å². The predicted molar refractivity (Wildman–Crippen MR) is 96.6 cm³/mol. The van der Waals surface area contributed by atoms with Crippen LogP contribution in [0.2, 0.25) is 0 Å². The van der Waals surface area contributed by atoms with Gasteiger partial charge in [0.1, 0.15) is 11.5 Å². The van der Waals surface area contributed by atoms with Crippen LogP contribution in [-0.4, -0.2) is 13.1 Å². The third-order valence-electron chi connectivity index (χ3n) is 4.69. The summed E-state index contributed by atoms with van der Waals surface area (Å²) in [5.74, 6) is 2.22. The van der Waals surface area contributed by atoms with Crippen LogP contribution in [0, 0.1) is 0 Å². The molecule has 120 valence electrons. The first-order chi connectivity index (χ1) is 11.9. The van der Waals surface area contributed by atoms with Crippen molar-refractivity contribution >= 4 is 0 Å². The van der Waals surface area contributed by atoms with E-state index in [1.165, 1.54) is 16.7 Å². The quantitative estimate of drug-likeness (QED) is 0.783. The van der Waals surface area contributed by atoms with Gasteiger partial charge in [-0.1, -0.05) is 54.6 Å². The van der Waals surface area contributed by atoms with Gasteiger partial charge in [0.25, 0.3) is 0 Å². The molecule has 0 aromatic heterocycles. The summed E-state index contributed by atoms with van der Waals surface area (Å²) in [6.07, 6.45) is 1.12. The van der Waals surface area contributed by atoms with Crippen molar-refractivity contribution in [1.29, 1.82) is 0 Å². The zero-order chi connectivity index (χ0) is 16.2. The van der Waals surface area contributed by atoms with Crippen molar-refractivity contribution in [2.75, 3.05) is 13.1 Å². The van der Waals surface area contributed by atoms with Crippen LogP contribution in [0.5, 0.6) is 11.5 Å². The van der Waals surface area contributed by atoms with Gasteiger partial charge in [0.2, 0.25) is 0 Å². The Bertz CT molecular complexity index is 799. The van der Waals surface area contributed by atoms with Crippen LogP contribution in [0.25, 0.3) is 0 Å². The number of fused-ring (bicyclic) bond motifs is 1. The summed E-state index contributed by atoms with van der Waals surface area (Å²) in [5, 5.41) is 2.43. The minimum absolute atomic E-state index is 0.419. The van der Waals surface area contributed by atoms with Gasteiger partial charge in [-0.25, -0.2) is 0 Å². The predicted octanol–water partition coefficient (Wildman–Crippen LogP) is 3.73. The topological polar surface area (TPSA) is 25.8 Å². The number of hydrogen-bond acceptors (Lipinski definition) is 1. The lowest BCUT2D eigenvalue weighted by Crippen LogP contribution is -2.85. The molecule has 0 fully saturated rings. The Hall–Kier alpha value is -2.58. The SMILES string of the molecule is c1ccc(Oc2ccc3c(c2)C(c2ccccc2)C[NH2+]CC3)cc1. The third-order valence-corrected chi connectivity index (χ3v) is 4.69. The second-order valence-electron chi connectivity index (χ2n) is 6.30. The van der Waals surface area contributed by atoms with Crippen LogP contribution in [0.3, 0.4) is 0 Å². The molecule has 0 saturated carbocycles. The fourth-order valence-electron chi connectivity index (χ4n) is 3.48. The average molecular weight is 316 g/mol. The fourth-order valence-corrected chi connectivity index (χ4v) is 3.48. The highest BCUT2D eigenvalue weighted by Gasteiger charge is 2.23. The van der Waals surface area contributed by atoms with Crippen LogP contribution in [-0.2, 0) is 6.42 Å². The molecule has 2 N–H and O–H groups in total. The van der Waals surface area contributed by atoms with Crippen molar-refractivity contribution in [3.05, 3.63) is 95.6 Å². The van der Waals surface area contributed by atoms with Crippen molar-refractivity contribution in [2.24, 2.45) is 0 Å². The monoisotopic (exact) mass is 316 g/mol. The first-order valence-electron chi connectivity index (χ1n) is 8.62. The van der Waals surface area contributed by atoms with Gasteiger partial charge < -0.3 is 10.1 Å². The Kier molecular flexibility index (Phi) is 4.30. The smallest absolute Gasteiger partial charge is 0.127 e. The maximum absolute atomic E-state index is 6.06. The molecule has 1 aliphatic heterocycles. The highest BCUT2D eigenvalue weighted by atomic mass is 16.5. The van der Waals surface area contributed by atoms with E-state index in [-0.39, 0.29) is 0 Å². The van der Waals surface area contributed by atoms with Gasteiger partial charge in [-0.05, 0) is 41.0 Å². The van der Waals surface area contributed by atoms with E-state index in [9.17, 15) is 0 Å². The molecule has 3 aromatic carbocycles. The molecule has 0 radical (unpaired) electrons. The molecule has 2 heteroatoms. The number of rotatable bonds is 3. The molecule has 0 bridgehead atoms. The van der Waals surface area contributed by atoms with Crippen LogP contribution in [0.15, 0.2) is 78.9 Å². The molecule has 24 heavy (non-hydrogen) atoms. The van der Waals surface area contributed by atoms with E-state index >= 15 is 0 Å². The average Bonchev–Trinajstić information content (AvgIpc) is 2.85.